The first kappa shape index (κ1) is 23.5. The van der Waals surface area contributed by atoms with Crippen LogP contribution in [-0.4, -0.2) is 18.7 Å². The van der Waals surface area contributed by atoms with Gasteiger partial charge in [0, 0.05) is 4.47 Å². The molecule has 172 valence electrons. The van der Waals surface area contributed by atoms with E-state index in [1.165, 1.54) is 0 Å². The minimum Gasteiger partial charge on any atom is -0.490 e. The van der Waals surface area contributed by atoms with Crippen molar-refractivity contribution in [3.63, 3.8) is 0 Å². The standard InChI is InChI=1S/C28H25BrN2O3/c1-2-33-27-16-21(12-15-26(27)34-19-20-8-4-3-5-9-20)18-30-31-28(32)17-22-13-14-25(29)24-11-7-6-10-23(22)24/h3-16,18H,2,17,19H2,1H3,(H,31,32)/b30-18-. The molecule has 0 fully saturated rings. The van der Waals surface area contributed by atoms with Gasteiger partial charge in [0.2, 0.25) is 5.91 Å². The predicted molar refractivity (Wildman–Crippen MR) is 139 cm³/mol. The summed E-state index contributed by atoms with van der Waals surface area (Å²) < 4.78 is 12.7. The molecule has 0 aliphatic carbocycles. The van der Waals surface area contributed by atoms with E-state index in [1.807, 2.05) is 91.9 Å². The van der Waals surface area contributed by atoms with E-state index in [4.69, 9.17) is 9.47 Å². The number of hydrogen-bond acceptors (Lipinski definition) is 4. The van der Waals surface area contributed by atoms with Gasteiger partial charge in [-0.15, -0.1) is 0 Å². The molecule has 4 aromatic rings. The van der Waals surface area contributed by atoms with E-state index >= 15 is 0 Å². The zero-order chi connectivity index (χ0) is 23.8. The van der Waals surface area contributed by atoms with Crippen LogP contribution in [0.25, 0.3) is 10.8 Å². The van der Waals surface area contributed by atoms with Gasteiger partial charge in [0.05, 0.1) is 19.2 Å². The molecule has 1 amide bonds. The summed E-state index contributed by atoms with van der Waals surface area (Å²) in [7, 11) is 0. The Kier molecular flexibility index (Phi) is 7.94. The van der Waals surface area contributed by atoms with Gasteiger partial charge in [-0.1, -0.05) is 76.6 Å². The number of hydrogen-bond donors (Lipinski definition) is 1. The summed E-state index contributed by atoms with van der Waals surface area (Å²) in [5.41, 5.74) is 5.44. The number of rotatable bonds is 9. The number of carbonyl (C=O) groups excluding carboxylic acids is 1. The molecular formula is C28H25BrN2O3. The molecule has 0 aliphatic heterocycles. The zero-order valence-corrected chi connectivity index (χ0v) is 20.4. The second-order valence-corrected chi connectivity index (χ2v) is 8.49. The third-order valence-electron chi connectivity index (χ3n) is 5.22. The highest BCUT2D eigenvalue weighted by molar-refractivity contribution is 9.10. The van der Waals surface area contributed by atoms with E-state index < -0.39 is 0 Å². The SMILES string of the molecule is CCOc1cc(/C=N\NC(=O)Cc2ccc(Br)c3ccccc23)ccc1OCc1ccccc1. The van der Waals surface area contributed by atoms with Gasteiger partial charge in [-0.2, -0.15) is 5.10 Å². The number of fused-ring (bicyclic) bond motifs is 1. The van der Waals surface area contributed by atoms with Crippen molar-refractivity contribution in [1.29, 1.82) is 0 Å². The third kappa shape index (κ3) is 6.02. The van der Waals surface area contributed by atoms with Crippen molar-refractivity contribution in [2.45, 2.75) is 20.0 Å². The number of hydrazone groups is 1. The molecular weight excluding hydrogens is 492 g/mol. The van der Waals surface area contributed by atoms with Gasteiger partial charge < -0.3 is 9.47 Å². The molecule has 0 saturated heterocycles. The fraction of sp³-hybridized carbons (Fsp3) is 0.143. The first-order chi connectivity index (χ1) is 16.6. The van der Waals surface area contributed by atoms with Crippen LogP contribution >= 0.6 is 15.9 Å². The lowest BCUT2D eigenvalue weighted by molar-refractivity contribution is -0.120. The molecule has 0 atom stereocenters. The van der Waals surface area contributed by atoms with Crippen molar-refractivity contribution in [2.24, 2.45) is 5.10 Å². The fourth-order valence-corrected chi connectivity index (χ4v) is 4.08. The van der Waals surface area contributed by atoms with Crippen LogP contribution in [-0.2, 0) is 17.8 Å². The Hall–Kier alpha value is -3.64. The van der Waals surface area contributed by atoms with Crippen molar-refractivity contribution in [3.05, 3.63) is 106 Å². The van der Waals surface area contributed by atoms with E-state index in [0.717, 1.165) is 31.9 Å². The minimum absolute atomic E-state index is 0.184. The monoisotopic (exact) mass is 516 g/mol. The van der Waals surface area contributed by atoms with Gasteiger partial charge in [-0.05, 0) is 58.7 Å². The topological polar surface area (TPSA) is 59.9 Å². The number of nitrogens with one attached hydrogen (secondary N) is 1. The molecule has 34 heavy (non-hydrogen) atoms. The number of ether oxygens (including phenoxy) is 2. The van der Waals surface area contributed by atoms with Crippen LogP contribution in [0.2, 0.25) is 0 Å². The fourth-order valence-electron chi connectivity index (χ4n) is 3.60. The van der Waals surface area contributed by atoms with Crippen LogP contribution in [0.3, 0.4) is 0 Å². The summed E-state index contributed by atoms with van der Waals surface area (Å²) >= 11 is 3.57. The molecule has 4 rings (SSSR count). The molecule has 0 aromatic heterocycles. The van der Waals surface area contributed by atoms with Gasteiger partial charge >= 0.3 is 0 Å². The molecule has 5 nitrogen and oxygen atoms in total. The summed E-state index contributed by atoms with van der Waals surface area (Å²) in [6.07, 6.45) is 1.84. The van der Waals surface area contributed by atoms with Gasteiger partial charge in [-0.25, -0.2) is 5.43 Å². The molecule has 0 unspecified atom stereocenters. The first-order valence-corrected chi connectivity index (χ1v) is 11.8. The predicted octanol–water partition coefficient (Wildman–Crippen LogP) is 6.27. The second kappa shape index (κ2) is 11.5. The third-order valence-corrected chi connectivity index (χ3v) is 5.91. The molecule has 6 heteroatoms. The van der Waals surface area contributed by atoms with Crippen LogP contribution in [0.15, 0.2) is 94.5 Å². The van der Waals surface area contributed by atoms with Crippen LogP contribution in [0.5, 0.6) is 11.5 Å². The molecule has 0 radical (unpaired) electrons. The van der Waals surface area contributed by atoms with Crippen molar-refractivity contribution in [2.75, 3.05) is 6.61 Å². The van der Waals surface area contributed by atoms with Crippen LogP contribution in [0.1, 0.15) is 23.6 Å². The molecule has 0 heterocycles. The van der Waals surface area contributed by atoms with Crippen molar-refractivity contribution in [1.82, 2.24) is 5.43 Å². The Morgan fingerprint density at radius 1 is 0.912 bits per heavy atom. The molecule has 0 saturated carbocycles. The summed E-state index contributed by atoms with van der Waals surface area (Å²) in [5, 5.41) is 6.25. The van der Waals surface area contributed by atoms with E-state index in [0.29, 0.717) is 24.7 Å². The maximum absolute atomic E-state index is 12.5. The molecule has 1 N–H and O–H groups in total. The first-order valence-electron chi connectivity index (χ1n) is 11.1. The summed E-state index contributed by atoms with van der Waals surface area (Å²) in [6, 6.07) is 27.5. The highest BCUT2D eigenvalue weighted by Crippen LogP contribution is 2.29. The summed E-state index contributed by atoms with van der Waals surface area (Å²) in [5.74, 6) is 1.11. The zero-order valence-electron chi connectivity index (χ0n) is 18.8. The number of halogens is 1. The molecule has 0 aliphatic rings. The Labute approximate surface area is 207 Å². The van der Waals surface area contributed by atoms with Crippen molar-refractivity contribution in [3.8, 4) is 11.5 Å². The van der Waals surface area contributed by atoms with Crippen LogP contribution in [0, 0.1) is 0 Å². The number of carbonyl (C=O) groups is 1. The normalized spacial score (nSPS) is 11.0. The quantitative estimate of drug-likeness (QED) is 0.210. The lowest BCUT2D eigenvalue weighted by Crippen LogP contribution is -2.19. The number of benzene rings is 4. The number of nitrogens with zero attached hydrogens (tertiary/aromatic N) is 1. The van der Waals surface area contributed by atoms with Crippen LogP contribution < -0.4 is 14.9 Å². The van der Waals surface area contributed by atoms with E-state index in [1.54, 1.807) is 6.21 Å². The molecule has 4 aromatic carbocycles. The maximum atomic E-state index is 12.5. The van der Waals surface area contributed by atoms with E-state index in [2.05, 4.69) is 26.5 Å². The molecule has 0 bridgehead atoms. The minimum atomic E-state index is -0.184. The largest absolute Gasteiger partial charge is 0.490 e. The van der Waals surface area contributed by atoms with Gasteiger partial charge in [0.15, 0.2) is 11.5 Å². The summed E-state index contributed by atoms with van der Waals surface area (Å²) in [4.78, 5) is 12.5. The second-order valence-electron chi connectivity index (χ2n) is 7.64. The maximum Gasteiger partial charge on any atom is 0.244 e. The Morgan fingerprint density at radius 2 is 1.68 bits per heavy atom. The average molecular weight is 517 g/mol. The lowest BCUT2D eigenvalue weighted by atomic mass is 10.0. The van der Waals surface area contributed by atoms with Crippen LogP contribution in [0.4, 0.5) is 0 Å². The van der Waals surface area contributed by atoms with Crippen molar-refractivity contribution < 1.29 is 14.3 Å². The average Bonchev–Trinajstić information content (AvgIpc) is 2.86. The van der Waals surface area contributed by atoms with Crippen molar-refractivity contribution >= 4 is 38.8 Å². The highest BCUT2D eigenvalue weighted by Gasteiger charge is 2.09. The summed E-state index contributed by atoms with van der Waals surface area (Å²) in [6.45, 7) is 2.89. The van der Waals surface area contributed by atoms with E-state index in [-0.39, 0.29) is 12.3 Å². The van der Waals surface area contributed by atoms with Gasteiger partial charge in [0.25, 0.3) is 0 Å². The lowest BCUT2D eigenvalue weighted by Gasteiger charge is -2.12. The number of amides is 1. The van der Waals surface area contributed by atoms with Gasteiger partial charge in [-0.3, -0.25) is 4.79 Å². The Morgan fingerprint density at radius 3 is 2.47 bits per heavy atom. The smallest absolute Gasteiger partial charge is 0.244 e. The molecule has 0 spiro atoms. The van der Waals surface area contributed by atoms with Gasteiger partial charge in [0.1, 0.15) is 6.61 Å². The Bertz CT molecular complexity index is 1310. The Balaban J connectivity index is 1.40. The highest BCUT2D eigenvalue weighted by atomic mass is 79.9. The van der Waals surface area contributed by atoms with E-state index in [9.17, 15) is 4.79 Å².